The van der Waals surface area contributed by atoms with Crippen molar-refractivity contribution in [3.63, 3.8) is 0 Å². The molecule has 0 amide bonds. The van der Waals surface area contributed by atoms with Crippen LogP contribution in [0.3, 0.4) is 0 Å². The Morgan fingerprint density at radius 3 is 3.05 bits per heavy atom. The molecular weight excluding hydrogens is 282 g/mol. The van der Waals surface area contributed by atoms with Crippen LogP contribution in [0.1, 0.15) is 44.4 Å². The van der Waals surface area contributed by atoms with Crippen molar-refractivity contribution in [1.29, 1.82) is 0 Å². The van der Waals surface area contributed by atoms with Gasteiger partial charge in [0.25, 0.3) is 5.56 Å². The molecule has 0 spiro atoms. The Morgan fingerprint density at radius 1 is 1.43 bits per heavy atom. The molecule has 112 valence electrons. The van der Waals surface area contributed by atoms with Crippen LogP contribution in [0.15, 0.2) is 16.2 Å². The first-order valence-electron chi connectivity index (χ1n) is 7.65. The molecule has 0 bridgehead atoms. The van der Waals surface area contributed by atoms with Gasteiger partial charge in [0.1, 0.15) is 0 Å². The van der Waals surface area contributed by atoms with E-state index in [0.717, 1.165) is 35.8 Å². The van der Waals surface area contributed by atoms with Crippen LogP contribution < -0.4 is 10.9 Å². The number of aromatic nitrogens is 2. The second-order valence-corrected chi connectivity index (χ2v) is 6.57. The molecule has 0 aromatic carbocycles. The van der Waals surface area contributed by atoms with Gasteiger partial charge in [-0.05, 0) is 50.7 Å². The molecule has 0 saturated carbocycles. The number of fused-ring (bicyclic) bond motifs is 1. The molecule has 1 atom stereocenters. The highest BCUT2D eigenvalue weighted by Crippen LogP contribution is 2.26. The fourth-order valence-corrected chi connectivity index (χ4v) is 3.46. The van der Waals surface area contributed by atoms with Crippen molar-refractivity contribution >= 4 is 16.5 Å². The Labute approximate surface area is 128 Å². The van der Waals surface area contributed by atoms with Gasteiger partial charge in [-0.3, -0.25) is 4.79 Å². The SMILES string of the molecule is CCC(C)Nc1nc(-c2cc3c([nH]c2=O)CCCC3)cs1. The summed E-state index contributed by atoms with van der Waals surface area (Å²) in [4.78, 5) is 19.9. The zero-order valence-electron chi connectivity index (χ0n) is 12.5. The maximum Gasteiger partial charge on any atom is 0.257 e. The zero-order chi connectivity index (χ0) is 14.8. The normalized spacial score (nSPS) is 15.5. The molecule has 1 aliphatic carbocycles. The van der Waals surface area contributed by atoms with E-state index < -0.39 is 0 Å². The van der Waals surface area contributed by atoms with Crippen molar-refractivity contribution in [2.24, 2.45) is 0 Å². The molecule has 0 radical (unpaired) electrons. The van der Waals surface area contributed by atoms with Gasteiger partial charge in [-0.1, -0.05) is 6.92 Å². The summed E-state index contributed by atoms with van der Waals surface area (Å²) in [6.07, 6.45) is 5.47. The molecule has 0 saturated heterocycles. The van der Waals surface area contributed by atoms with E-state index >= 15 is 0 Å². The first kappa shape index (κ1) is 14.3. The minimum atomic E-state index is -0.0176. The molecule has 2 heterocycles. The van der Waals surface area contributed by atoms with Crippen LogP contribution in [-0.4, -0.2) is 16.0 Å². The number of aromatic amines is 1. The number of rotatable bonds is 4. The van der Waals surface area contributed by atoms with Crippen molar-refractivity contribution in [2.45, 2.75) is 52.0 Å². The lowest BCUT2D eigenvalue weighted by atomic mass is 9.94. The van der Waals surface area contributed by atoms with Crippen LogP contribution in [0.25, 0.3) is 11.3 Å². The summed E-state index contributed by atoms with van der Waals surface area (Å²) in [7, 11) is 0. The predicted molar refractivity (Wildman–Crippen MR) is 88.2 cm³/mol. The number of H-pyrrole nitrogens is 1. The van der Waals surface area contributed by atoms with Gasteiger partial charge in [0.15, 0.2) is 5.13 Å². The highest BCUT2D eigenvalue weighted by molar-refractivity contribution is 7.14. The predicted octanol–water partition coefficient (Wildman–Crippen LogP) is 3.59. The van der Waals surface area contributed by atoms with E-state index in [4.69, 9.17) is 0 Å². The fraction of sp³-hybridized carbons (Fsp3) is 0.500. The van der Waals surface area contributed by atoms with E-state index in [1.54, 1.807) is 11.3 Å². The quantitative estimate of drug-likeness (QED) is 0.907. The van der Waals surface area contributed by atoms with Crippen molar-refractivity contribution < 1.29 is 0 Å². The van der Waals surface area contributed by atoms with Crippen molar-refractivity contribution in [2.75, 3.05) is 5.32 Å². The third-order valence-corrected chi connectivity index (χ3v) is 4.87. The van der Waals surface area contributed by atoms with Crippen LogP contribution in [0.5, 0.6) is 0 Å². The Kier molecular flexibility index (Phi) is 4.10. The van der Waals surface area contributed by atoms with Crippen LogP contribution in [-0.2, 0) is 12.8 Å². The molecule has 1 aliphatic rings. The Hall–Kier alpha value is -1.62. The second-order valence-electron chi connectivity index (χ2n) is 5.71. The molecule has 21 heavy (non-hydrogen) atoms. The zero-order valence-corrected chi connectivity index (χ0v) is 13.3. The molecule has 3 rings (SSSR count). The number of hydrogen-bond acceptors (Lipinski definition) is 4. The molecule has 2 aromatic rings. The van der Waals surface area contributed by atoms with Gasteiger partial charge in [-0.2, -0.15) is 0 Å². The molecule has 0 aliphatic heterocycles. The van der Waals surface area contributed by atoms with Gasteiger partial charge >= 0.3 is 0 Å². The van der Waals surface area contributed by atoms with Crippen molar-refractivity contribution in [1.82, 2.24) is 9.97 Å². The minimum Gasteiger partial charge on any atom is -0.359 e. The molecule has 2 aromatic heterocycles. The van der Waals surface area contributed by atoms with Gasteiger partial charge in [0.2, 0.25) is 0 Å². The van der Waals surface area contributed by atoms with Crippen molar-refractivity contribution in [3.05, 3.63) is 33.1 Å². The van der Waals surface area contributed by atoms with Gasteiger partial charge in [0, 0.05) is 17.1 Å². The summed E-state index contributed by atoms with van der Waals surface area (Å²) in [5.74, 6) is 0. The fourth-order valence-electron chi connectivity index (χ4n) is 2.64. The highest BCUT2D eigenvalue weighted by Gasteiger charge is 2.15. The largest absolute Gasteiger partial charge is 0.359 e. The Bertz CT molecular complexity index is 689. The van der Waals surface area contributed by atoms with Crippen LogP contribution in [0.2, 0.25) is 0 Å². The standard InChI is InChI=1S/C16H21N3OS/c1-3-10(2)17-16-19-14(9-21-16)12-8-11-6-4-5-7-13(11)18-15(12)20/h8-10H,3-7H2,1-2H3,(H,17,19)(H,18,20). The lowest BCUT2D eigenvalue weighted by molar-refractivity contribution is 0.665. The van der Waals surface area contributed by atoms with E-state index in [0.29, 0.717) is 11.6 Å². The number of anilines is 1. The molecule has 1 unspecified atom stereocenters. The first-order chi connectivity index (χ1) is 10.2. The van der Waals surface area contributed by atoms with Crippen LogP contribution in [0.4, 0.5) is 5.13 Å². The molecule has 5 heteroatoms. The van der Waals surface area contributed by atoms with E-state index in [-0.39, 0.29) is 5.56 Å². The molecule has 0 fully saturated rings. The summed E-state index contributed by atoms with van der Waals surface area (Å²) < 4.78 is 0. The second kappa shape index (κ2) is 6.02. The molecule has 4 nitrogen and oxygen atoms in total. The number of nitrogens with one attached hydrogen (secondary N) is 2. The summed E-state index contributed by atoms with van der Waals surface area (Å²) >= 11 is 1.56. The number of hydrogen-bond donors (Lipinski definition) is 2. The van der Waals surface area contributed by atoms with Crippen LogP contribution in [0, 0.1) is 0 Å². The van der Waals surface area contributed by atoms with Crippen molar-refractivity contribution in [3.8, 4) is 11.3 Å². The van der Waals surface area contributed by atoms with E-state index in [9.17, 15) is 4.79 Å². The first-order valence-corrected chi connectivity index (χ1v) is 8.53. The minimum absolute atomic E-state index is 0.0176. The summed E-state index contributed by atoms with van der Waals surface area (Å²) in [6, 6.07) is 2.43. The monoisotopic (exact) mass is 303 g/mol. The van der Waals surface area contributed by atoms with Crippen LogP contribution >= 0.6 is 11.3 Å². The Balaban J connectivity index is 1.92. The average Bonchev–Trinajstić information content (AvgIpc) is 2.94. The summed E-state index contributed by atoms with van der Waals surface area (Å²) in [5.41, 5.74) is 3.85. The number of nitrogens with zero attached hydrogens (tertiary/aromatic N) is 1. The smallest absolute Gasteiger partial charge is 0.257 e. The third-order valence-electron chi connectivity index (χ3n) is 4.10. The number of aryl methyl sites for hydroxylation is 2. The molecule has 2 N–H and O–H groups in total. The topological polar surface area (TPSA) is 57.8 Å². The lowest BCUT2D eigenvalue weighted by Crippen LogP contribution is -2.17. The lowest BCUT2D eigenvalue weighted by Gasteiger charge is -2.15. The van der Waals surface area contributed by atoms with Gasteiger partial charge in [-0.15, -0.1) is 11.3 Å². The summed E-state index contributed by atoms with van der Waals surface area (Å²) in [5, 5.41) is 6.21. The molecular formula is C16H21N3OS. The number of pyridine rings is 1. The third kappa shape index (κ3) is 3.02. The van der Waals surface area contributed by atoms with Gasteiger partial charge in [0.05, 0.1) is 11.3 Å². The van der Waals surface area contributed by atoms with E-state index in [1.165, 1.54) is 18.4 Å². The maximum absolute atomic E-state index is 12.3. The van der Waals surface area contributed by atoms with E-state index in [2.05, 4.69) is 29.1 Å². The van der Waals surface area contributed by atoms with Gasteiger partial charge < -0.3 is 10.3 Å². The van der Waals surface area contributed by atoms with E-state index in [1.807, 2.05) is 11.4 Å². The average molecular weight is 303 g/mol. The number of thiazole rings is 1. The Morgan fingerprint density at radius 2 is 2.24 bits per heavy atom. The summed E-state index contributed by atoms with van der Waals surface area (Å²) in [6.45, 7) is 4.27. The maximum atomic E-state index is 12.3. The van der Waals surface area contributed by atoms with Gasteiger partial charge in [-0.25, -0.2) is 4.98 Å². The highest BCUT2D eigenvalue weighted by atomic mass is 32.1.